The number of hydrogen-bond acceptors (Lipinski definition) is 3. The molecule has 1 heterocycles. The first-order valence-electron chi connectivity index (χ1n) is 6.42. The lowest BCUT2D eigenvalue weighted by Gasteiger charge is -2.09. The van der Waals surface area contributed by atoms with Gasteiger partial charge in [-0.2, -0.15) is 5.26 Å². The smallest absolute Gasteiger partial charge is 0.221 e. The highest BCUT2D eigenvalue weighted by atomic mass is 19.1. The van der Waals surface area contributed by atoms with E-state index in [1.54, 1.807) is 25.1 Å². The maximum atomic E-state index is 14.0. The molecule has 0 N–H and O–H groups in total. The lowest BCUT2D eigenvalue weighted by Crippen LogP contribution is -1.94. The van der Waals surface area contributed by atoms with Crippen LogP contribution >= 0.6 is 0 Å². The molecule has 3 nitrogen and oxygen atoms in total. The van der Waals surface area contributed by atoms with E-state index in [9.17, 15) is 9.65 Å². The lowest BCUT2D eigenvalue weighted by molar-refractivity contribution is 0.427. The Hall–Kier alpha value is -2.93. The Balaban J connectivity index is 2.09. The van der Waals surface area contributed by atoms with Crippen LogP contribution < -0.4 is 4.74 Å². The fourth-order valence-corrected chi connectivity index (χ4v) is 2.11. The van der Waals surface area contributed by atoms with Crippen LogP contribution in [0.3, 0.4) is 0 Å². The minimum absolute atomic E-state index is 0.0988. The lowest BCUT2D eigenvalue weighted by atomic mass is 10.1. The molecule has 0 saturated heterocycles. The molecule has 102 valence electrons. The summed E-state index contributed by atoms with van der Waals surface area (Å²) in [4.78, 5) is 4.31. The zero-order valence-electron chi connectivity index (χ0n) is 11.3. The molecule has 0 unspecified atom stereocenters. The molecule has 0 amide bonds. The predicted molar refractivity (Wildman–Crippen MR) is 77.7 cm³/mol. The van der Waals surface area contributed by atoms with Gasteiger partial charge in [0.2, 0.25) is 5.88 Å². The van der Waals surface area contributed by atoms with Crippen LogP contribution in [0.15, 0.2) is 48.5 Å². The summed E-state index contributed by atoms with van der Waals surface area (Å²) < 4.78 is 19.5. The number of benzene rings is 2. The molecule has 0 spiro atoms. The molecule has 0 atom stereocenters. The molecule has 0 saturated carbocycles. The van der Waals surface area contributed by atoms with Crippen LogP contribution in [0.4, 0.5) is 4.39 Å². The standard InChI is InChI=1S/C17H11FN2O/c1-11-5-4-8-15(17(11)18)21-16-9-12(10-19)13-6-2-3-7-14(13)20-16/h2-9H,1H3. The number of nitriles is 1. The van der Waals surface area contributed by atoms with Gasteiger partial charge in [0, 0.05) is 11.5 Å². The van der Waals surface area contributed by atoms with Gasteiger partial charge >= 0.3 is 0 Å². The van der Waals surface area contributed by atoms with Gasteiger partial charge in [0.15, 0.2) is 11.6 Å². The van der Waals surface area contributed by atoms with E-state index >= 15 is 0 Å². The molecule has 21 heavy (non-hydrogen) atoms. The van der Waals surface area contributed by atoms with Crippen molar-refractivity contribution in [2.24, 2.45) is 0 Å². The second-order valence-electron chi connectivity index (χ2n) is 4.63. The molecule has 1 aromatic heterocycles. The van der Waals surface area contributed by atoms with Crippen LogP contribution in [0.1, 0.15) is 11.1 Å². The van der Waals surface area contributed by atoms with Gasteiger partial charge in [-0.05, 0) is 24.6 Å². The maximum absolute atomic E-state index is 14.0. The van der Waals surface area contributed by atoms with E-state index in [-0.39, 0.29) is 11.6 Å². The normalized spacial score (nSPS) is 10.3. The summed E-state index contributed by atoms with van der Waals surface area (Å²) in [6, 6.07) is 15.8. The maximum Gasteiger partial charge on any atom is 0.221 e. The van der Waals surface area contributed by atoms with Crippen molar-refractivity contribution < 1.29 is 9.13 Å². The minimum atomic E-state index is -0.425. The number of hydrogen-bond donors (Lipinski definition) is 0. The molecule has 4 heteroatoms. The molecule has 0 aliphatic rings. The second-order valence-corrected chi connectivity index (χ2v) is 4.63. The average Bonchev–Trinajstić information content (AvgIpc) is 2.51. The van der Waals surface area contributed by atoms with E-state index in [0.29, 0.717) is 16.6 Å². The number of fused-ring (bicyclic) bond motifs is 1. The zero-order valence-corrected chi connectivity index (χ0v) is 11.3. The van der Waals surface area contributed by atoms with Crippen molar-refractivity contribution >= 4 is 10.9 Å². The summed E-state index contributed by atoms with van der Waals surface area (Å²) in [5.74, 6) is -0.123. The topological polar surface area (TPSA) is 45.9 Å². The van der Waals surface area contributed by atoms with E-state index < -0.39 is 5.82 Å². The molecule has 0 aliphatic carbocycles. The Labute approximate surface area is 121 Å². The second kappa shape index (κ2) is 5.22. The highest BCUT2D eigenvalue weighted by Gasteiger charge is 2.10. The highest BCUT2D eigenvalue weighted by Crippen LogP contribution is 2.28. The number of aryl methyl sites for hydroxylation is 1. The van der Waals surface area contributed by atoms with E-state index in [2.05, 4.69) is 11.1 Å². The summed E-state index contributed by atoms with van der Waals surface area (Å²) in [5.41, 5.74) is 1.58. The quantitative estimate of drug-likeness (QED) is 0.700. The largest absolute Gasteiger partial charge is 0.436 e. The molecule has 0 bridgehead atoms. The molecule has 2 aromatic carbocycles. The molecule has 3 aromatic rings. The molecule has 3 rings (SSSR count). The van der Waals surface area contributed by atoms with Gasteiger partial charge in [-0.25, -0.2) is 9.37 Å². The van der Waals surface area contributed by atoms with E-state index in [0.717, 1.165) is 5.39 Å². The van der Waals surface area contributed by atoms with Gasteiger partial charge < -0.3 is 4.74 Å². The van der Waals surface area contributed by atoms with Gasteiger partial charge in [-0.3, -0.25) is 0 Å². The van der Waals surface area contributed by atoms with Crippen LogP contribution in [-0.4, -0.2) is 4.98 Å². The van der Waals surface area contributed by atoms with Crippen LogP contribution in [0.2, 0.25) is 0 Å². The number of ether oxygens (including phenoxy) is 1. The first kappa shape index (κ1) is 13.1. The van der Waals surface area contributed by atoms with Gasteiger partial charge in [0.25, 0.3) is 0 Å². The fourth-order valence-electron chi connectivity index (χ4n) is 2.11. The summed E-state index contributed by atoms with van der Waals surface area (Å²) in [5, 5.41) is 9.96. The number of pyridine rings is 1. The first-order valence-corrected chi connectivity index (χ1v) is 6.42. The molecule has 0 fully saturated rings. The third-order valence-electron chi connectivity index (χ3n) is 3.18. The number of rotatable bonds is 2. The summed E-state index contributed by atoms with van der Waals surface area (Å²) >= 11 is 0. The van der Waals surface area contributed by atoms with Crippen molar-refractivity contribution in [3.05, 3.63) is 65.5 Å². The Morgan fingerprint density at radius 2 is 1.95 bits per heavy atom. The van der Waals surface area contributed by atoms with Gasteiger partial charge in [-0.1, -0.05) is 30.3 Å². The number of aromatic nitrogens is 1. The van der Waals surface area contributed by atoms with Crippen LogP contribution in [0.5, 0.6) is 11.6 Å². The van der Waals surface area contributed by atoms with Crippen molar-refractivity contribution in [3.8, 4) is 17.7 Å². The third kappa shape index (κ3) is 2.41. The van der Waals surface area contributed by atoms with Crippen molar-refractivity contribution in [2.75, 3.05) is 0 Å². The number of nitrogens with zero attached hydrogens (tertiary/aromatic N) is 2. The first-order chi connectivity index (χ1) is 10.2. The van der Waals surface area contributed by atoms with Crippen molar-refractivity contribution in [1.82, 2.24) is 4.98 Å². The van der Waals surface area contributed by atoms with Crippen LogP contribution in [-0.2, 0) is 0 Å². The van der Waals surface area contributed by atoms with Gasteiger partial charge in [0.1, 0.15) is 6.07 Å². The Kier molecular flexibility index (Phi) is 3.25. The average molecular weight is 278 g/mol. The van der Waals surface area contributed by atoms with Gasteiger partial charge in [-0.15, -0.1) is 0 Å². The SMILES string of the molecule is Cc1cccc(Oc2cc(C#N)c3ccccc3n2)c1F. The molecule has 0 aliphatic heterocycles. The zero-order chi connectivity index (χ0) is 14.8. The molecular formula is C17H11FN2O. The van der Waals surface area contributed by atoms with Crippen molar-refractivity contribution in [1.29, 1.82) is 5.26 Å². The summed E-state index contributed by atoms with van der Waals surface area (Å²) in [6.45, 7) is 1.66. The Morgan fingerprint density at radius 1 is 1.14 bits per heavy atom. The van der Waals surface area contributed by atoms with Crippen molar-refractivity contribution in [2.45, 2.75) is 6.92 Å². The minimum Gasteiger partial charge on any atom is -0.436 e. The number of halogens is 1. The monoisotopic (exact) mass is 278 g/mol. The Bertz CT molecular complexity index is 868. The molecule has 0 radical (unpaired) electrons. The van der Waals surface area contributed by atoms with E-state index in [4.69, 9.17) is 4.74 Å². The van der Waals surface area contributed by atoms with Crippen molar-refractivity contribution in [3.63, 3.8) is 0 Å². The van der Waals surface area contributed by atoms with Crippen LogP contribution in [0, 0.1) is 24.1 Å². The summed E-state index contributed by atoms with van der Waals surface area (Å²) in [7, 11) is 0. The summed E-state index contributed by atoms with van der Waals surface area (Å²) in [6.07, 6.45) is 0. The Morgan fingerprint density at radius 3 is 2.76 bits per heavy atom. The fraction of sp³-hybridized carbons (Fsp3) is 0.0588. The number of para-hydroxylation sites is 1. The highest BCUT2D eigenvalue weighted by molar-refractivity contribution is 5.85. The van der Waals surface area contributed by atoms with Gasteiger partial charge in [0.05, 0.1) is 11.1 Å². The van der Waals surface area contributed by atoms with E-state index in [1.165, 1.54) is 12.1 Å². The molecular weight excluding hydrogens is 267 g/mol. The van der Waals surface area contributed by atoms with Crippen LogP contribution in [0.25, 0.3) is 10.9 Å². The van der Waals surface area contributed by atoms with E-state index in [1.807, 2.05) is 18.2 Å². The third-order valence-corrected chi connectivity index (χ3v) is 3.18. The predicted octanol–water partition coefficient (Wildman–Crippen LogP) is 4.35.